The van der Waals surface area contributed by atoms with E-state index in [1.54, 1.807) is 0 Å². The van der Waals surface area contributed by atoms with Crippen LogP contribution in [0.5, 0.6) is 0 Å². The summed E-state index contributed by atoms with van der Waals surface area (Å²) >= 11 is 0. The number of quaternary nitrogens is 1. The molecule has 0 saturated carbocycles. The van der Waals surface area contributed by atoms with E-state index in [1.807, 2.05) is 0 Å². The number of hydrogen-bond donors (Lipinski definition) is 1. The summed E-state index contributed by atoms with van der Waals surface area (Å²) in [5.41, 5.74) is 0. The van der Waals surface area contributed by atoms with E-state index in [0.717, 1.165) is 0 Å². The summed E-state index contributed by atoms with van der Waals surface area (Å²) < 4.78 is 0. The fourth-order valence-electron chi connectivity index (χ4n) is 1.87. The van der Waals surface area contributed by atoms with Gasteiger partial charge in [0.25, 0.3) is 0 Å². The molecule has 1 aliphatic heterocycles. The van der Waals surface area contributed by atoms with Crippen LogP contribution in [0.1, 0.15) is 51.9 Å². The first-order chi connectivity index (χ1) is 6.93. The van der Waals surface area contributed by atoms with Gasteiger partial charge in [0, 0.05) is 0 Å². The van der Waals surface area contributed by atoms with Gasteiger partial charge in [-0.3, -0.25) is 4.90 Å². The molecule has 0 unspecified atom stereocenters. The first-order valence-corrected chi connectivity index (χ1v) is 6.14. The molecule has 0 spiro atoms. The standard InChI is InChI=1S/C13H23N.ClH/c1-2-3-4-5-6-7-8-11-14-12-9-10-13-14;/h9-10,12-13H,2-8,11H2,1H3;1H. The number of allylic oxidation sites excluding steroid dienone is 2. The van der Waals surface area contributed by atoms with Crippen molar-refractivity contribution in [3.05, 3.63) is 24.6 Å². The van der Waals surface area contributed by atoms with Gasteiger partial charge in [-0.15, -0.1) is 0 Å². The summed E-state index contributed by atoms with van der Waals surface area (Å²) in [5.74, 6) is 0. The van der Waals surface area contributed by atoms with Gasteiger partial charge in [-0.2, -0.15) is 0 Å². The van der Waals surface area contributed by atoms with Crippen LogP contribution in [-0.4, -0.2) is 6.54 Å². The highest BCUT2D eigenvalue weighted by Crippen LogP contribution is 2.05. The minimum atomic E-state index is 0. The molecule has 1 rings (SSSR count). The Balaban J connectivity index is 0.00000196. The molecule has 1 N–H and O–H groups in total. The maximum Gasteiger partial charge on any atom is 0.0990 e. The highest BCUT2D eigenvalue weighted by molar-refractivity contribution is 5.00. The van der Waals surface area contributed by atoms with Crippen molar-refractivity contribution in [1.82, 2.24) is 0 Å². The molecular formula is C13H24ClN. The Hall–Kier alpha value is -0.270. The van der Waals surface area contributed by atoms with Crippen molar-refractivity contribution < 1.29 is 17.3 Å². The molecule has 0 aromatic rings. The Morgan fingerprint density at radius 2 is 1.33 bits per heavy atom. The number of halogens is 1. The Bertz CT molecular complexity index is 175. The van der Waals surface area contributed by atoms with Gasteiger partial charge in [-0.05, 0) is 25.0 Å². The molecule has 15 heavy (non-hydrogen) atoms. The number of unbranched alkanes of at least 4 members (excludes halogenated alkanes) is 6. The van der Waals surface area contributed by atoms with E-state index in [4.69, 9.17) is 0 Å². The van der Waals surface area contributed by atoms with Crippen molar-refractivity contribution >= 4 is 0 Å². The minimum Gasteiger partial charge on any atom is -1.00 e. The van der Waals surface area contributed by atoms with E-state index in [9.17, 15) is 0 Å². The van der Waals surface area contributed by atoms with Gasteiger partial charge in [0.2, 0.25) is 0 Å². The predicted octanol–water partition coefficient (Wildman–Crippen LogP) is -0.333. The monoisotopic (exact) mass is 229 g/mol. The second-order valence-electron chi connectivity index (χ2n) is 4.16. The Morgan fingerprint density at radius 3 is 1.93 bits per heavy atom. The third kappa shape index (κ3) is 7.64. The molecule has 0 atom stereocenters. The van der Waals surface area contributed by atoms with Crippen molar-refractivity contribution in [3.63, 3.8) is 0 Å². The van der Waals surface area contributed by atoms with Gasteiger partial charge in [0.05, 0.1) is 18.9 Å². The molecule has 0 aliphatic carbocycles. The van der Waals surface area contributed by atoms with Crippen LogP contribution in [0.4, 0.5) is 0 Å². The summed E-state index contributed by atoms with van der Waals surface area (Å²) in [6.07, 6.45) is 18.6. The smallest absolute Gasteiger partial charge is 0.0990 e. The third-order valence-corrected chi connectivity index (χ3v) is 2.80. The summed E-state index contributed by atoms with van der Waals surface area (Å²) in [6.45, 7) is 3.55. The van der Waals surface area contributed by atoms with E-state index in [0.29, 0.717) is 0 Å². The molecule has 1 nitrogen and oxygen atoms in total. The lowest BCUT2D eigenvalue weighted by Crippen LogP contribution is -3.01. The fourth-order valence-corrected chi connectivity index (χ4v) is 1.87. The number of rotatable bonds is 8. The molecule has 88 valence electrons. The SMILES string of the molecule is CCCCCCCCC[NH+]1C=CC=C1.[Cl-]. The average molecular weight is 230 g/mol. The molecule has 2 heteroatoms. The van der Waals surface area contributed by atoms with Gasteiger partial charge in [-0.1, -0.05) is 39.0 Å². The Morgan fingerprint density at radius 1 is 0.800 bits per heavy atom. The van der Waals surface area contributed by atoms with Crippen LogP contribution in [0.25, 0.3) is 0 Å². The highest BCUT2D eigenvalue weighted by atomic mass is 35.5. The van der Waals surface area contributed by atoms with Crippen LogP contribution in [0, 0.1) is 0 Å². The van der Waals surface area contributed by atoms with E-state index in [2.05, 4.69) is 31.5 Å². The van der Waals surface area contributed by atoms with Gasteiger partial charge in [-0.25, -0.2) is 0 Å². The fraction of sp³-hybridized carbons (Fsp3) is 0.692. The first-order valence-electron chi connectivity index (χ1n) is 6.14. The van der Waals surface area contributed by atoms with E-state index < -0.39 is 0 Å². The van der Waals surface area contributed by atoms with Gasteiger partial charge < -0.3 is 12.4 Å². The van der Waals surface area contributed by atoms with Crippen LogP contribution in [0.3, 0.4) is 0 Å². The molecule has 0 fully saturated rings. The molecule has 0 saturated heterocycles. The summed E-state index contributed by atoms with van der Waals surface area (Å²) in [5, 5.41) is 0. The normalized spacial score (nSPS) is 14.5. The summed E-state index contributed by atoms with van der Waals surface area (Å²) in [4.78, 5) is 1.51. The van der Waals surface area contributed by atoms with Crippen molar-refractivity contribution in [3.8, 4) is 0 Å². The summed E-state index contributed by atoms with van der Waals surface area (Å²) in [7, 11) is 0. The maximum atomic E-state index is 2.27. The second kappa shape index (κ2) is 10.3. The maximum absolute atomic E-state index is 2.27. The van der Waals surface area contributed by atoms with E-state index >= 15 is 0 Å². The van der Waals surface area contributed by atoms with E-state index in [-0.39, 0.29) is 12.4 Å². The largest absolute Gasteiger partial charge is 1.00 e. The number of hydrogen-bond acceptors (Lipinski definition) is 0. The molecule has 0 aromatic heterocycles. The zero-order chi connectivity index (χ0) is 10.1. The lowest BCUT2D eigenvalue weighted by atomic mass is 10.1. The Labute approximate surface area is 101 Å². The van der Waals surface area contributed by atoms with Crippen LogP contribution < -0.4 is 17.3 Å². The molecule has 0 bridgehead atoms. The van der Waals surface area contributed by atoms with Crippen molar-refractivity contribution in [2.45, 2.75) is 51.9 Å². The van der Waals surface area contributed by atoms with Gasteiger partial charge in [0.15, 0.2) is 0 Å². The second-order valence-corrected chi connectivity index (χ2v) is 4.16. The zero-order valence-electron chi connectivity index (χ0n) is 9.84. The molecule has 0 radical (unpaired) electrons. The van der Waals surface area contributed by atoms with Crippen LogP contribution in [-0.2, 0) is 0 Å². The number of nitrogens with one attached hydrogen (secondary N) is 1. The summed E-state index contributed by atoms with van der Waals surface area (Å²) in [6, 6.07) is 0. The lowest BCUT2D eigenvalue weighted by molar-refractivity contribution is -0.787. The molecule has 0 aromatic carbocycles. The lowest BCUT2D eigenvalue weighted by Gasteiger charge is -2.06. The van der Waals surface area contributed by atoms with Gasteiger partial charge in [0.1, 0.15) is 0 Å². The highest BCUT2D eigenvalue weighted by Gasteiger charge is 2.02. The molecule has 1 aliphatic rings. The van der Waals surface area contributed by atoms with Crippen LogP contribution in [0.15, 0.2) is 24.6 Å². The van der Waals surface area contributed by atoms with Crippen molar-refractivity contribution in [2.75, 3.05) is 6.54 Å². The van der Waals surface area contributed by atoms with Crippen LogP contribution >= 0.6 is 0 Å². The van der Waals surface area contributed by atoms with Crippen LogP contribution in [0.2, 0.25) is 0 Å². The minimum absolute atomic E-state index is 0. The zero-order valence-corrected chi connectivity index (χ0v) is 10.6. The molecule has 1 heterocycles. The molecular weight excluding hydrogens is 206 g/mol. The molecule has 0 amide bonds. The van der Waals surface area contributed by atoms with Gasteiger partial charge >= 0.3 is 0 Å². The predicted molar refractivity (Wildman–Crippen MR) is 62.1 cm³/mol. The first kappa shape index (κ1) is 14.7. The topological polar surface area (TPSA) is 4.44 Å². The average Bonchev–Trinajstić information content (AvgIpc) is 2.69. The Kier molecular flexibility index (Phi) is 10.1. The van der Waals surface area contributed by atoms with Crippen molar-refractivity contribution in [1.29, 1.82) is 0 Å². The van der Waals surface area contributed by atoms with E-state index in [1.165, 1.54) is 56.4 Å². The quantitative estimate of drug-likeness (QED) is 0.544. The van der Waals surface area contributed by atoms with Crippen molar-refractivity contribution in [2.24, 2.45) is 0 Å². The third-order valence-electron chi connectivity index (χ3n) is 2.80.